The van der Waals surface area contributed by atoms with Crippen molar-refractivity contribution < 1.29 is 31.7 Å². The lowest BCUT2D eigenvalue weighted by molar-refractivity contribution is 0.0503. The van der Waals surface area contributed by atoms with Crippen LogP contribution >= 0.6 is 22.6 Å². The minimum atomic E-state index is -4.61. The van der Waals surface area contributed by atoms with Crippen molar-refractivity contribution in [2.24, 2.45) is 0 Å². The lowest BCUT2D eigenvalue weighted by Gasteiger charge is -2.12. The van der Waals surface area contributed by atoms with E-state index in [1.54, 1.807) is 4.72 Å². The maximum absolute atomic E-state index is 12.2. The molecule has 0 saturated carbocycles. The second-order valence-electron chi connectivity index (χ2n) is 5.28. The first-order chi connectivity index (χ1) is 13.7. The van der Waals surface area contributed by atoms with E-state index in [4.69, 9.17) is 13.7 Å². The maximum atomic E-state index is 12.2. The summed E-state index contributed by atoms with van der Waals surface area (Å²) < 4.78 is 41.2. The van der Waals surface area contributed by atoms with E-state index < -0.39 is 22.3 Å². The van der Waals surface area contributed by atoms with Gasteiger partial charge in [-0.15, -0.1) is 0 Å². The summed E-state index contributed by atoms with van der Waals surface area (Å²) in [4.78, 5) is 31.8. The van der Waals surface area contributed by atoms with Crippen molar-refractivity contribution in [2.75, 3.05) is 19.0 Å². The Morgan fingerprint density at radius 1 is 1.21 bits per heavy atom. The molecule has 0 fully saturated rings. The van der Waals surface area contributed by atoms with Crippen molar-refractivity contribution in [3.05, 3.63) is 39.6 Å². The predicted octanol–water partition coefficient (Wildman–Crippen LogP) is 2.10. The van der Waals surface area contributed by atoms with Gasteiger partial charge in [-0.25, -0.2) is 19.3 Å². The normalized spacial score (nSPS) is 10.7. The Balaban J connectivity index is 2.10. The van der Waals surface area contributed by atoms with Crippen molar-refractivity contribution in [2.45, 2.75) is 13.3 Å². The summed E-state index contributed by atoms with van der Waals surface area (Å²) in [6.07, 6.45) is 0.597. The molecule has 1 heterocycles. The van der Waals surface area contributed by atoms with Gasteiger partial charge >= 0.3 is 22.3 Å². The highest BCUT2D eigenvalue weighted by Crippen LogP contribution is 2.20. The van der Waals surface area contributed by atoms with Gasteiger partial charge in [0.25, 0.3) is 0 Å². The molecule has 0 aliphatic rings. The fraction of sp³-hybridized carbons (Fsp3) is 0.250. The summed E-state index contributed by atoms with van der Waals surface area (Å²) in [6, 6.07) is 5.93. The van der Waals surface area contributed by atoms with Gasteiger partial charge in [-0.3, -0.25) is 5.32 Å². The summed E-state index contributed by atoms with van der Waals surface area (Å²) >= 11 is 1.87. The summed E-state index contributed by atoms with van der Waals surface area (Å²) in [5, 5.41) is 2.16. The van der Waals surface area contributed by atoms with Gasteiger partial charge in [0.15, 0.2) is 5.75 Å². The number of aromatic nitrogens is 2. The predicted molar refractivity (Wildman–Crippen MR) is 110 cm³/mol. The highest BCUT2D eigenvalue weighted by molar-refractivity contribution is 14.1. The third-order valence-electron chi connectivity index (χ3n) is 3.07. The molecule has 2 amide bonds. The van der Waals surface area contributed by atoms with Gasteiger partial charge < -0.3 is 13.7 Å². The van der Waals surface area contributed by atoms with Crippen molar-refractivity contribution in [3.63, 3.8) is 0 Å². The van der Waals surface area contributed by atoms with Gasteiger partial charge in [0.2, 0.25) is 11.8 Å². The molecule has 0 bridgehead atoms. The van der Waals surface area contributed by atoms with Gasteiger partial charge in [0, 0.05) is 6.07 Å². The number of hydrogen-bond donors (Lipinski definition) is 2. The first kappa shape index (κ1) is 22.6. The van der Waals surface area contributed by atoms with Crippen LogP contribution in [0.25, 0.3) is 0 Å². The lowest BCUT2D eigenvalue weighted by atomic mass is 10.2. The molecule has 13 heteroatoms. The molecule has 2 aromatic rings. The van der Waals surface area contributed by atoms with E-state index in [1.807, 2.05) is 29.5 Å². The second kappa shape index (κ2) is 10.2. The molecule has 2 N–H and O–H groups in total. The molecular weight excluding hydrogens is 519 g/mol. The van der Waals surface area contributed by atoms with E-state index in [9.17, 15) is 18.0 Å². The Morgan fingerprint density at radius 3 is 2.62 bits per heavy atom. The number of para-hydroxylation sites is 1. The van der Waals surface area contributed by atoms with Crippen LogP contribution < -0.4 is 19.0 Å². The van der Waals surface area contributed by atoms with E-state index >= 15 is 0 Å². The van der Waals surface area contributed by atoms with Crippen molar-refractivity contribution in [1.29, 1.82) is 0 Å². The Bertz CT molecular complexity index is 1000. The average Bonchev–Trinajstić information content (AvgIpc) is 2.65. The number of carbonyl (C=O) groups excluding carboxylic acids is 2. The van der Waals surface area contributed by atoms with Crippen molar-refractivity contribution in [3.8, 4) is 11.6 Å². The van der Waals surface area contributed by atoms with Crippen LogP contribution in [0.5, 0.6) is 11.6 Å². The zero-order chi connectivity index (χ0) is 21.4. The number of halogens is 1. The number of nitrogens with one attached hydrogen (secondary N) is 2. The van der Waals surface area contributed by atoms with Crippen LogP contribution in [0.3, 0.4) is 0 Å². The number of ether oxygens (including phenoxy) is 2. The molecule has 156 valence electrons. The minimum absolute atomic E-state index is 0.0996. The van der Waals surface area contributed by atoms with E-state index in [0.717, 1.165) is 0 Å². The summed E-state index contributed by atoms with van der Waals surface area (Å²) in [5.74, 6) is -1.04. The topological polar surface area (TPSA) is 146 Å². The van der Waals surface area contributed by atoms with E-state index in [-0.39, 0.29) is 29.7 Å². The average molecular weight is 536 g/mol. The Labute approximate surface area is 180 Å². The lowest BCUT2D eigenvalue weighted by Crippen LogP contribution is -2.37. The first-order valence-electron chi connectivity index (χ1n) is 8.12. The van der Waals surface area contributed by atoms with Crippen LogP contribution in [-0.4, -0.2) is 44.1 Å². The number of benzene rings is 1. The third-order valence-corrected chi connectivity index (χ3v) is 4.45. The van der Waals surface area contributed by atoms with Gasteiger partial charge in [-0.2, -0.15) is 13.4 Å². The molecule has 0 aliphatic carbocycles. The fourth-order valence-corrected chi connectivity index (χ4v) is 3.11. The molecule has 1 aromatic heterocycles. The molecular formula is C16H17IN4O7S. The number of carbonyl (C=O) groups is 2. The number of urea groups is 1. The minimum Gasteiger partial charge on any atom is -0.481 e. The number of amides is 2. The Hall–Kier alpha value is -2.68. The van der Waals surface area contributed by atoms with Gasteiger partial charge in [-0.05, 0) is 41.1 Å². The first-order valence-corrected chi connectivity index (χ1v) is 10.6. The molecule has 0 unspecified atom stereocenters. The number of hydrogen-bond acceptors (Lipinski definition) is 9. The molecule has 0 aliphatic heterocycles. The van der Waals surface area contributed by atoms with Crippen LogP contribution in [0, 0.1) is 3.70 Å². The molecule has 0 atom stereocenters. The number of rotatable bonds is 8. The van der Waals surface area contributed by atoms with Crippen LogP contribution in [0.1, 0.15) is 23.7 Å². The number of nitrogens with zero attached hydrogens (tertiary/aromatic N) is 2. The smallest absolute Gasteiger partial charge is 0.411 e. The standard InChI is InChI=1S/C16H17IN4O7S/c1-3-8-27-14(22)10-6-4-5-7-11(10)28-29(24,25)21-16(23)20-15-18-12(17)9-13(19-15)26-2/h4-7,9H,3,8H2,1-2H3,(H2,18,19,20,21,23). The van der Waals surface area contributed by atoms with Crippen LogP contribution in [0.15, 0.2) is 30.3 Å². The monoisotopic (exact) mass is 536 g/mol. The van der Waals surface area contributed by atoms with E-state index in [0.29, 0.717) is 10.1 Å². The summed E-state index contributed by atoms with van der Waals surface area (Å²) in [7, 11) is -3.24. The van der Waals surface area contributed by atoms with Gasteiger partial charge in [0.05, 0.1) is 13.7 Å². The van der Waals surface area contributed by atoms with Gasteiger partial charge in [0.1, 0.15) is 9.26 Å². The number of esters is 1. The Kier molecular flexibility index (Phi) is 7.95. The molecule has 0 radical (unpaired) electrons. The zero-order valence-electron chi connectivity index (χ0n) is 15.3. The molecule has 0 saturated heterocycles. The van der Waals surface area contributed by atoms with E-state index in [2.05, 4.69) is 15.3 Å². The van der Waals surface area contributed by atoms with E-state index in [1.165, 1.54) is 37.4 Å². The van der Waals surface area contributed by atoms with Crippen molar-refractivity contribution in [1.82, 2.24) is 14.7 Å². The highest BCUT2D eigenvalue weighted by Gasteiger charge is 2.22. The molecule has 29 heavy (non-hydrogen) atoms. The maximum Gasteiger partial charge on any atom is 0.411 e. The van der Waals surface area contributed by atoms with Crippen LogP contribution in [0.4, 0.5) is 10.7 Å². The molecule has 2 rings (SSSR count). The summed E-state index contributed by atoms with van der Waals surface area (Å²) in [5.41, 5.74) is -0.0996. The molecule has 11 nitrogen and oxygen atoms in total. The quantitative estimate of drug-likeness (QED) is 0.294. The zero-order valence-corrected chi connectivity index (χ0v) is 18.3. The van der Waals surface area contributed by atoms with Gasteiger partial charge in [-0.1, -0.05) is 19.1 Å². The second-order valence-corrected chi connectivity index (χ2v) is 7.67. The van der Waals surface area contributed by atoms with Crippen LogP contribution in [-0.2, 0) is 15.0 Å². The van der Waals surface area contributed by atoms with Crippen LogP contribution in [0.2, 0.25) is 0 Å². The number of anilines is 1. The largest absolute Gasteiger partial charge is 0.481 e. The van der Waals surface area contributed by atoms with Crippen molar-refractivity contribution >= 4 is 50.8 Å². The summed E-state index contributed by atoms with van der Waals surface area (Å²) in [6.45, 7) is 1.98. The SMILES string of the molecule is CCCOC(=O)c1ccccc1OS(=O)(=O)NC(=O)Nc1nc(I)cc(OC)n1. The number of methoxy groups -OCH3 is 1. The Morgan fingerprint density at radius 2 is 1.93 bits per heavy atom. The molecule has 1 aromatic carbocycles. The molecule has 0 spiro atoms. The fourth-order valence-electron chi connectivity index (χ4n) is 1.92. The third kappa shape index (κ3) is 7.01. The highest BCUT2D eigenvalue weighted by atomic mass is 127.